The van der Waals surface area contributed by atoms with E-state index in [1.807, 2.05) is 18.2 Å². The van der Waals surface area contributed by atoms with Crippen molar-refractivity contribution < 1.29 is 23.4 Å². The summed E-state index contributed by atoms with van der Waals surface area (Å²) in [6, 6.07) is 12.1. The first-order chi connectivity index (χ1) is 14.1. The minimum atomic E-state index is -0.553. The maximum Gasteiger partial charge on any atom is 0.233 e. The molecule has 2 aliphatic rings. The lowest BCUT2D eigenvalue weighted by atomic mass is 9.77. The number of benzene rings is 2. The Labute approximate surface area is 170 Å². The number of rotatable bonds is 6. The third kappa shape index (κ3) is 3.88. The number of amides is 1. The fourth-order valence-corrected chi connectivity index (χ4v) is 4.27. The van der Waals surface area contributed by atoms with E-state index in [9.17, 15) is 9.18 Å². The van der Waals surface area contributed by atoms with E-state index in [1.165, 1.54) is 6.07 Å². The summed E-state index contributed by atoms with van der Waals surface area (Å²) in [6.45, 7) is 1.69. The van der Waals surface area contributed by atoms with Gasteiger partial charge in [-0.05, 0) is 42.7 Å². The molecule has 29 heavy (non-hydrogen) atoms. The van der Waals surface area contributed by atoms with E-state index in [-0.39, 0.29) is 18.3 Å². The summed E-state index contributed by atoms with van der Waals surface area (Å²) in [6.07, 6.45) is 3.65. The van der Waals surface area contributed by atoms with E-state index < -0.39 is 11.2 Å². The molecule has 1 amide bonds. The van der Waals surface area contributed by atoms with Crippen molar-refractivity contribution in [3.05, 3.63) is 53.8 Å². The Morgan fingerprint density at radius 3 is 2.59 bits per heavy atom. The summed E-state index contributed by atoms with van der Waals surface area (Å²) in [5.74, 6) is 1.31. The van der Waals surface area contributed by atoms with E-state index in [1.54, 1.807) is 30.1 Å². The van der Waals surface area contributed by atoms with Crippen LogP contribution in [0.5, 0.6) is 17.2 Å². The Bertz CT molecular complexity index is 879. The maximum absolute atomic E-state index is 13.7. The molecule has 0 atom stereocenters. The molecule has 1 fully saturated rings. The van der Waals surface area contributed by atoms with Gasteiger partial charge in [0.15, 0.2) is 23.1 Å². The molecule has 0 radical (unpaired) electrons. The zero-order valence-corrected chi connectivity index (χ0v) is 16.7. The Hall–Kier alpha value is -2.76. The quantitative estimate of drug-likeness (QED) is 0.738. The van der Waals surface area contributed by atoms with Gasteiger partial charge in [0.2, 0.25) is 5.91 Å². The number of para-hydroxylation sites is 1. The van der Waals surface area contributed by atoms with Crippen molar-refractivity contribution in [2.24, 2.45) is 0 Å². The molecule has 0 unspecified atom stereocenters. The third-order valence-electron chi connectivity index (χ3n) is 5.83. The Morgan fingerprint density at radius 2 is 1.83 bits per heavy atom. The van der Waals surface area contributed by atoms with Crippen molar-refractivity contribution in [2.45, 2.75) is 31.1 Å². The van der Waals surface area contributed by atoms with E-state index in [0.717, 1.165) is 37.0 Å². The summed E-state index contributed by atoms with van der Waals surface area (Å²) in [4.78, 5) is 15.2. The molecule has 1 aliphatic heterocycles. The molecule has 6 heteroatoms. The molecule has 2 aromatic carbocycles. The first kappa shape index (κ1) is 19.6. The van der Waals surface area contributed by atoms with Crippen molar-refractivity contribution >= 4 is 5.91 Å². The van der Waals surface area contributed by atoms with Crippen LogP contribution in [0.4, 0.5) is 4.39 Å². The van der Waals surface area contributed by atoms with Gasteiger partial charge in [0.1, 0.15) is 19.8 Å². The van der Waals surface area contributed by atoms with Crippen LogP contribution in [0.1, 0.15) is 31.2 Å². The summed E-state index contributed by atoms with van der Waals surface area (Å²) in [5.41, 5.74) is 0.425. The lowest BCUT2D eigenvalue weighted by molar-refractivity contribution is -0.136. The smallest absolute Gasteiger partial charge is 0.233 e. The average Bonchev–Trinajstić information content (AvgIpc) is 3.25. The fraction of sp³-hybridized carbons (Fsp3) is 0.435. The Morgan fingerprint density at radius 1 is 1.10 bits per heavy atom. The molecule has 0 spiro atoms. The number of nitrogens with zero attached hydrogens (tertiary/aromatic N) is 1. The maximum atomic E-state index is 13.7. The molecular formula is C23H26FNO4. The first-order valence-corrected chi connectivity index (χ1v) is 10.1. The Balaban J connectivity index is 1.47. The van der Waals surface area contributed by atoms with Crippen LogP contribution in [0.25, 0.3) is 0 Å². The fourth-order valence-electron chi connectivity index (χ4n) is 4.27. The summed E-state index contributed by atoms with van der Waals surface area (Å²) < 4.78 is 30.6. The van der Waals surface area contributed by atoms with E-state index in [2.05, 4.69) is 0 Å². The number of hydrogen-bond acceptors (Lipinski definition) is 4. The van der Waals surface area contributed by atoms with E-state index in [4.69, 9.17) is 14.2 Å². The highest BCUT2D eigenvalue weighted by Gasteiger charge is 2.44. The molecule has 4 rings (SSSR count). The summed E-state index contributed by atoms with van der Waals surface area (Å²) in [5, 5.41) is 0. The van der Waals surface area contributed by atoms with Crippen molar-refractivity contribution in [3.63, 3.8) is 0 Å². The normalized spacial score (nSPS) is 17.0. The molecule has 1 saturated carbocycles. The third-order valence-corrected chi connectivity index (χ3v) is 5.83. The monoisotopic (exact) mass is 399 g/mol. The molecule has 2 aromatic rings. The van der Waals surface area contributed by atoms with E-state index >= 15 is 0 Å². The molecule has 0 N–H and O–H groups in total. The molecule has 0 aromatic heterocycles. The molecule has 0 saturated heterocycles. The predicted molar refractivity (Wildman–Crippen MR) is 107 cm³/mol. The van der Waals surface area contributed by atoms with Crippen LogP contribution in [0, 0.1) is 5.82 Å². The number of ether oxygens (including phenoxy) is 3. The van der Waals surface area contributed by atoms with Crippen LogP contribution in [0.3, 0.4) is 0 Å². The van der Waals surface area contributed by atoms with Crippen molar-refractivity contribution in [1.29, 1.82) is 0 Å². The SMILES string of the molecule is CN(CCOc1ccccc1F)C(=O)C1(c2ccc3c(c2)OCCO3)CCCC1. The molecule has 1 aliphatic carbocycles. The van der Waals surface area contributed by atoms with Gasteiger partial charge in [-0.25, -0.2) is 4.39 Å². The second kappa shape index (κ2) is 8.31. The van der Waals surface area contributed by atoms with Gasteiger partial charge in [0.25, 0.3) is 0 Å². The van der Waals surface area contributed by atoms with Crippen LogP contribution in [-0.2, 0) is 10.2 Å². The Kier molecular flexibility index (Phi) is 5.60. The minimum Gasteiger partial charge on any atom is -0.489 e. The van der Waals surface area contributed by atoms with Gasteiger partial charge in [-0.1, -0.05) is 31.0 Å². The zero-order valence-electron chi connectivity index (χ0n) is 16.7. The second-order valence-electron chi connectivity index (χ2n) is 7.65. The van der Waals surface area contributed by atoms with Gasteiger partial charge >= 0.3 is 0 Å². The molecule has 5 nitrogen and oxygen atoms in total. The summed E-state index contributed by atoms with van der Waals surface area (Å²) in [7, 11) is 1.78. The molecule has 1 heterocycles. The minimum absolute atomic E-state index is 0.0730. The lowest BCUT2D eigenvalue weighted by Gasteiger charge is -2.33. The topological polar surface area (TPSA) is 48.0 Å². The molecule has 0 bridgehead atoms. The number of likely N-dealkylation sites (N-methyl/N-ethyl adjacent to an activating group) is 1. The standard InChI is InChI=1S/C23H26FNO4/c1-25(12-13-27-19-7-3-2-6-18(19)24)22(26)23(10-4-5-11-23)17-8-9-20-21(16-17)29-15-14-28-20/h2-3,6-9,16H,4-5,10-15H2,1H3. The van der Waals surface area contributed by atoms with Gasteiger partial charge in [-0.3, -0.25) is 4.79 Å². The van der Waals surface area contributed by atoms with Crippen LogP contribution in [0.15, 0.2) is 42.5 Å². The highest BCUT2D eigenvalue weighted by Crippen LogP contribution is 2.45. The number of fused-ring (bicyclic) bond motifs is 1. The lowest BCUT2D eigenvalue weighted by Crippen LogP contribution is -2.45. The van der Waals surface area contributed by atoms with Crippen LogP contribution < -0.4 is 14.2 Å². The molecule has 154 valence electrons. The van der Waals surface area contributed by atoms with Gasteiger partial charge in [0, 0.05) is 7.05 Å². The van der Waals surface area contributed by atoms with Gasteiger partial charge in [-0.15, -0.1) is 0 Å². The van der Waals surface area contributed by atoms with Crippen LogP contribution in [0.2, 0.25) is 0 Å². The highest BCUT2D eigenvalue weighted by atomic mass is 19.1. The number of carbonyl (C=O) groups is 1. The summed E-state index contributed by atoms with van der Waals surface area (Å²) >= 11 is 0. The average molecular weight is 399 g/mol. The van der Waals surface area contributed by atoms with Gasteiger partial charge in [-0.2, -0.15) is 0 Å². The number of carbonyl (C=O) groups excluding carboxylic acids is 1. The molecular weight excluding hydrogens is 373 g/mol. The first-order valence-electron chi connectivity index (χ1n) is 10.1. The second-order valence-corrected chi connectivity index (χ2v) is 7.65. The predicted octanol–water partition coefficient (Wildman–Crippen LogP) is 3.95. The van der Waals surface area contributed by atoms with E-state index in [0.29, 0.717) is 25.5 Å². The van der Waals surface area contributed by atoms with Crippen LogP contribution >= 0.6 is 0 Å². The number of hydrogen-bond donors (Lipinski definition) is 0. The highest BCUT2D eigenvalue weighted by molar-refractivity contribution is 5.88. The van der Waals surface area contributed by atoms with Gasteiger partial charge in [0.05, 0.1) is 12.0 Å². The van der Waals surface area contributed by atoms with Crippen LogP contribution in [-0.4, -0.2) is 44.2 Å². The largest absolute Gasteiger partial charge is 0.489 e. The van der Waals surface area contributed by atoms with Gasteiger partial charge < -0.3 is 19.1 Å². The van der Waals surface area contributed by atoms with Crippen molar-refractivity contribution in [1.82, 2.24) is 4.90 Å². The zero-order chi connectivity index (χ0) is 20.3. The number of halogens is 1. The van der Waals surface area contributed by atoms with Crippen molar-refractivity contribution in [2.75, 3.05) is 33.4 Å². The van der Waals surface area contributed by atoms with Crippen molar-refractivity contribution in [3.8, 4) is 17.2 Å².